The first-order valence-electron chi connectivity index (χ1n) is 5.97. The lowest BCUT2D eigenvalue weighted by Gasteiger charge is -2.14. The number of Topliss-reactive ketones (excluding diaryl/α,β-unsaturated/α-hetero) is 1. The van der Waals surface area contributed by atoms with E-state index in [1.165, 1.54) is 0 Å². The lowest BCUT2D eigenvalue weighted by atomic mass is 9.93. The smallest absolute Gasteiger partial charge is 0.149 e. The van der Waals surface area contributed by atoms with E-state index in [0.29, 0.717) is 18.0 Å². The van der Waals surface area contributed by atoms with Crippen LogP contribution in [0.4, 0.5) is 0 Å². The van der Waals surface area contributed by atoms with Gasteiger partial charge < -0.3 is 0 Å². The lowest BCUT2D eigenvalue weighted by Crippen LogP contribution is -2.12. The van der Waals surface area contributed by atoms with Crippen LogP contribution in [0.5, 0.6) is 0 Å². The second-order valence-corrected chi connectivity index (χ2v) is 7.19. The predicted octanol–water partition coefficient (Wildman–Crippen LogP) is 3.70. The van der Waals surface area contributed by atoms with Crippen LogP contribution in [0.25, 0.3) is 0 Å². The van der Waals surface area contributed by atoms with Crippen molar-refractivity contribution < 1.29 is 4.79 Å². The quantitative estimate of drug-likeness (QED) is 0.739. The van der Waals surface area contributed by atoms with Crippen molar-refractivity contribution in [1.82, 2.24) is 4.98 Å². The summed E-state index contributed by atoms with van der Waals surface area (Å²) < 4.78 is 0. The van der Waals surface area contributed by atoms with Crippen LogP contribution in [0.1, 0.15) is 44.8 Å². The minimum Gasteiger partial charge on any atom is -0.298 e. The zero-order valence-corrected chi connectivity index (χ0v) is 12.7. The van der Waals surface area contributed by atoms with Gasteiger partial charge in [0, 0.05) is 10.8 Å². The van der Waals surface area contributed by atoms with Crippen LogP contribution in [0.15, 0.2) is 5.38 Å². The average Bonchev–Trinajstić information content (AvgIpc) is 2.66. The Hall–Kier alpha value is -0.350. The topological polar surface area (TPSA) is 30.0 Å². The number of thioether (sulfide) groups is 1. The highest BCUT2D eigenvalue weighted by atomic mass is 32.2. The van der Waals surface area contributed by atoms with Gasteiger partial charge in [-0.15, -0.1) is 11.3 Å². The van der Waals surface area contributed by atoms with Crippen LogP contribution >= 0.6 is 23.1 Å². The zero-order chi connectivity index (χ0) is 12.9. The highest BCUT2D eigenvalue weighted by molar-refractivity contribution is 7.99. The van der Waals surface area contributed by atoms with Crippen molar-refractivity contribution in [3.63, 3.8) is 0 Å². The van der Waals surface area contributed by atoms with Gasteiger partial charge in [0.1, 0.15) is 10.8 Å². The van der Waals surface area contributed by atoms with E-state index < -0.39 is 0 Å². The summed E-state index contributed by atoms with van der Waals surface area (Å²) in [5, 5.41) is 3.03. The molecular weight excluding hydrogens is 250 g/mol. The summed E-state index contributed by atoms with van der Waals surface area (Å²) >= 11 is 3.32. The number of nitrogens with zero attached hydrogens (tertiary/aromatic N) is 1. The molecule has 0 fully saturated rings. The summed E-state index contributed by atoms with van der Waals surface area (Å²) in [5.74, 6) is 1.98. The second kappa shape index (κ2) is 6.55. The van der Waals surface area contributed by atoms with Crippen molar-refractivity contribution in [1.29, 1.82) is 0 Å². The minimum atomic E-state index is 0.0781. The molecule has 1 aromatic rings. The minimum absolute atomic E-state index is 0.0781. The number of aromatic nitrogens is 1. The van der Waals surface area contributed by atoms with Gasteiger partial charge >= 0.3 is 0 Å². The van der Waals surface area contributed by atoms with Gasteiger partial charge in [-0.05, 0) is 12.2 Å². The highest BCUT2D eigenvalue weighted by Crippen LogP contribution is 2.24. The maximum absolute atomic E-state index is 11.7. The highest BCUT2D eigenvalue weighted by Gasteiger charge is 2.18. The van der Waals surface area contributed by atoms with E-state index in [0.717, 1.165) is 22.9 Å². The Morgan fingerprint density at radius 3 is 2.71 bits per heavy atom. The second-order valence-electron chi connectivity index (χ2n) is 5.14. The molecule has 0 aromatic carbocycles. The van der Waals surface area contributed by atoms with Gasteiger partial charge in [0.2, 0.25) is 0 Å². The Morgan fingerprint density at radius 1 is 1.47 bits per heavy atom. The fourth-order valence-electron chi connectivity index (χ4n) is 1.29. The van der Waals surface area contributed by atoms with Gasteiger partial charge in [0.05, 0.1) is 17.9 Å². The normalized spacial score (nSPS) is 11.8. The molecule has 1 heterocycles. The van der Waals surface area contributed by atoms with Crippen molar-refractivity contribution >= 4 is 28.9 Å². The van der Waals surface area contributed by atoms with E-state index in [1.807, 2.05) is 0 Å². The monoisotopic (exact) mass is 271 g/mol. The summed E-state index contributed by atoms with van der Waals surface area (Å²) in [4.78, 5) is 16.2. The predicted molar refractivity (Wildman–Crippen MR) is 77.1 cm³/mol. The van der Waals surface area contributed by atoms with E-state index in [1.54, 1.807) is 23.1 Å². The SMILES string of the molecule is CCCSCC(=O)Cc1nc(C(C)(C)C)cs1. The van der Waals surface area contributed by atoms with E-state index in [4.69, 9.17) is 0 Å². The standard InChI is InChI=1S/C13H21NOS2/c1-5-6-16-8-10(15)7-12-14-11(9-17-12)13(2,3)4/h9H,5-8H2,1-4H3. The molecule has 1 rings (SSSR count). The molecule has 0 N–H and O–H groups in total. The van der Waals surface area contributed by atoms with Gasteiger partial charge in [0.15, 0.2) is 0 Å². The van der Waals surface area contributed by atoms with Gasteiger partial charge in [-0.2, -0.15) is 11.8 Å². The fraction of sp³-hybridized carbons (Fsp3) is 0.692. The Labute approximate surface area is 112 Å². The molecule has 17 heavy (non-hydrogen) atoms. The van der Waals surface area contributed by atoms with Gasteiger partial charge in [0.25, 0.3) is 0 Å². The van der Waals surface area contributed by atoms with Crippen molar-refractivity contribution in [3.05, 3.63) is 16.1 Å². The Morgan fingerprint density at radius 2 is 2.18 bits per heavy atom. The number of carbonyl (C=O) groups excluding carboxylic acids is 1. The molecule has 0 saturated heterocycles. The molecular formula is C13H21NOS2. The molecule has 0 amide bonds. The first-order valence-corrected chi connectivity index (χ1v) is 8.01. The number of hydrogen-bond donors (Lipinski definition) is 0. The number of hydrogen-bond acceptors (Lipinski definition) is 4. The van der Waals surface area contributed by atoms with Crippen LogP contribution in [-0.2, 0) is 16.6 Å². The van der Waals surface area contributed by atoms with Crippen molar-refractivity contribution in [2.75, 3.05) is 11.5 Å². The summed E-state index contributed by atoms with van der Waals surface area (Å²) in [7, 11) is 0. The van der Waals surface area contributed by atoms with Crippen molar-refractivity contribution in [3.8, 4) is 0 Å². The van der Waals surface area contributed by atoms with Crippen LogP contribution in [0.3, 0.4) is 0 Å². The van der Waals surface area contributed by atoms with Crippen molar-refractivity contribution in [2.24, 2.45) is 0 Å². The number of ketones is 1. The third kappa shape index (κ3) is 5.21. The molecule has 0 saturated carbocycles. The fourth-order valence-corrected chi connectivity index (χ4v) is 3.10. The van der Waals surface area contributed by atoms with Gasteiger partial charge in [-0.25, -0.2) is 4.98 Å². The molecule has 0 aliphatic heterocycles. The van der Waals surface area contributed by atoms with Crippen molar-refractivity contribution in [2.45, 2.75) is 46.0 Å². The average molecular weight is 271 g/mol. The molecule has 96 valence electrons. The molecule has 0 spiro atoms. The third-order valence-corrected chi connectivity index (χ3v) is 4.35. The number of thiazole rings is 1. The van der Waals surface area contributed by atoms with Gasteiger partial charge in [-0.1, -0.05) is 27.7 Å². The van der Waals surface area contributed by atoms with Crippen LogP contribution in [-0.4, -0.2) is 22.3 Å². The Kier molecular flexibility index (Phi) is 5.67. The summed E-state index contributed by atoms with van der Waals surface area (Å²) in [6.07, 6.45) is 1.63. The molecule has 4 heteroatoms. The molecule has 0 radical (unpaired) electrons. The summed E-state index contributed by atoms with van der Waals surface area (Å²) in [5.41, 5.74) is 1.17. The molecule has 0 bridgehead atoms. The van der Waals surface area contributed by atoms with E-state index in [-0.39, 0.29) is 5.41 Å². The molecule has 0 atom stereocenters. The van der Waals surface area contributed by atoms with E-state index >= 15 is 0 Å². The van der Waals surface area contributed by atoms with Crippen LogP contribution < -0.4 is 0 Å². The molecule has 0 unspecified atom stereocenters. The van der Waals surface area contributed by atoms with Gasteiger partial charge in [-0.3, -0.25) is 4.79 Å². The van der Waals surface area contributed by atoms with Crippen LogP contribution in [0, 0.1) is 0 Å². The van der Waals surface area contributed by atoms with Crippen LogP contribution in [0.2, 0.25) is 0 Å². The first-order chi connectivity index (χ1) is 7.93. The molecule has 0 aliphatic carbocycles. The first kappa shape index (κ1) is 14.7. The summed E-state index contributed by atoms with van der Waals surface area (Å²) in [6.45, 7) is 8.56. The molecule has 2 nitrogen and oxygen atoms in total. The maximum atomic E-state index is 11.7. The maximum Gasteiger partial charge on any atom is 0.149 e. The Balaban J connectivity index is 2.46. The van der Waals surface area contributed by atoms with E-state index in [9.17, 15) is 4.79 Å². The summed E-state index contributed by atoms with van der Waals surface area (Å²) in [6, 6.07) is 0. The number of rotatable bonds is 6. The Bertz CT molecular complexity index is 366. The molecule has 0 aliphatic rings. The largest absolute Gasteiger partial charge is 0.298 e. The zero-order valence-electron chi connectivity index (χ0n) is 11.1. The third-order valence-electron chi connectivity index (χ3n) is 2.28. The molecule has 1 aromatic heterocycles. The lowest BCUT2D eigenvalue weighted by molar-refractivity contribution is -0.116. The number of carbonyl (C=O) groups is 1. The van der Waals surface area contributed by atoms with E-state index in [2.05, 4.69) is 38.1 Å².